The molecule has 17 heavy (non-hydrogen) atoms. The molecule has 3 unspecified atom stereocenters. The summed E-state index contributed by atoms with van der Waals surface area (Å²) in [5, 5.41) is 17.4. The number of aliphatic hydroxyl groups excluding tert-OH is 1. The molecule has 2 aliphatic rings. The SMILES string of the molecule is OCC1c2cc(Cl)ccc2NC2CCNCC21. The monoisotopic (exact) mass is 252 g/mol. The Bertz CT molecular complexity index is 424. The molecule has 3 atom stereocenters. The smallest absolute Gasteiger partial charge is 0.0504 e. The van der Waals surface area contributed by atoms with Gasteiger partial charge < -0.3 is 15.7 Å². The molecule has 1 aromatic carbocycles. The zero-order valence-electron chi connectivity index (χ0n) is 9.62. The van der Waals surface area contributed by atoms with Gasteiger partial charge in [-0.15, -0.1) is 0 Å². The van der Waals surface area contributed by atoms with Crippen LogP contribution in [0.4, 0.5) is 5.69 Å². The molecule has 0 aromatic heterocycles. The largest absolute Gasteiger partial charge is 0.396 e. The highest BCUT2D eigenvalue weighted by molar-refractivity contribution is 6.30. The Hall–Kier alpha value is -0.770. The zero-order valence-corrected chi connectivity index (χ0v) is 10.4. The minimum Gasteiger partial charge on any atom is -0.396 e. The molecular weight excluding hydrogens is 236 g/mol. The molecule has 0 aliphatic carbocycles. The Morgan fingerprint density at radius 1 is 1.41 bits per heavy atom. The van der Waals surface area contributed by atoms with E-state index in [1.807, 2.05) is 18.2 Å². The molecule has 2 heterocycles. The minimum absolute atomic E-state index is 0.192. The molecule has 0 saturated carbocycles. The molecule has 3 nitrogen and oxygen atoms in total. The Balaban J connectivity index is 2.01. The second-order valence-corrected chi connectivity index (χ2v) is 5.36. The van der Waals surface area contributed by atoms with Gasteiger partial charge in [-0.1, -0.05) is 11.6 Å². The lowest BCUT2D eigenvalue weighted by atomic mass is 9.75. The molecule has 3 N–H and O–H groups in total. The first-order valence-corrected chi connectivity index (χ1v) is 6.55. The van der Waals surface area contributed by atoms with Gasteiger partial charge in [0.1, 0.15) is 0 Å². The van der Waals surface area contributed by atoms with Crippen molar-refractivity contribution in [3.05, 3.63) is 28.8 Å². The number of aliphatic hydroxyl groups is 1. The highest BCUT2D eigenvalue weighted by Gasteiger charge is 2.37. The van der Waals surface area contributed by atoms with Crippen LogP contribution in [0.25, 0.3) is 0 Å². The number of rotatable bonds is 1. The number of halogens is 1. The summed E-state index contributed by atoms with van der Waals surface area (Å²) in [4.78, 5) is 0. The predicted molar refractivity (Wildman–Crippen MR) is 69.7 cm³/mol. The van der Waals surface area contributed by atoms with E-state index < -0.39 is 0 Å². The second-order valence-electron chi connectivity index (χ2n) is 4.93. The third kappa shape index (κ3) is 1.92. The third-order valence-electron chi connectivity index (χ3n) is 4.00. The first kappa shape index (κ1) is 11.3. The molecule has 4 heteroatoms. The molecular formula is C13H17ClN2O. The van der Waals surface area contributed by atoms with Gasteiger partial charge in [0.25, 0.3) is 0 Å². The quantitative estimate of drug-likeness (QED) is 0.715. The standard InChI is InChI=1S/C13H17ClN2O/c14-8-1-2-12-9(5-8)11(7-17)10-6-15-4-3-13(10)16-12/h1-2,5,10-11,13,15-17H,3-4,6-7H2. The van der Waals surface area contributed by atoms with E-state index in [9.17, 15) is 5.11 Å². The van der Waals surface area contributed by atoms with Crippen LogP contribution in [0.1, 0.15) is 17.9 Å². The van der Waals surface area contributed by atoms with Crippen LogP contribution in [-0.2, 0) is 0 Å². The van der Waals surface area contributed by atoms with E-state index in [4.69, 9.17) is 11.6 Å². The van der Waals surface area contributed by atoms with Gasteiger partial charge in [0.15, 0.2) is 0 Å². The fraction of sp³-hybridized carbons (Fsp3) is 0.538. The van der Waals surface area contributed by atoms with Crippen LogP contribution in [0.15, 0.2) is 18.2 Å². The van der Waals surface area contributed by atoms with Gasteiger partial charge >= 0.3 is 0 Å². The van der Waals surface area contributed by atoms with Crippen molar-refractivity contribution in [3.63, 3.8) is 0 Å². The van der Waals surface area contributed by atoms with Gasteiger partial charge in [-0.05, 0) is 36.7 Å². The lowest BCUT2D eigenvalue weighted by molar-refractivity contribution is 0.189. The van der Waals surface area contributed by atoms with Crippen LogP contribution in [0.3, 0.4) is 0 Å². The van der Waals surface area contributed by atoms with E-state index in [0.717, 1.165) is 35.8 Å². The number of hydrogen-bond donors (Lipinski definition) is 3. The highest BCUT2D eigenvalue weighted by atomic mass is 35.5. The average Bonchev–Trinajstić information content (AvgIpc) is 2.36. The van der Waals surface area contributed by atoms with Gasteiger partial charge in [0, 0.05) is 35.1 Å². The zero-order chi connectivity index (χ0) is 11.8. The van der Waals surface area contributed by atoms with Crippen molar-refractivity contribution in [1.29, 1.82) is 0 Å². The molecule has 92 valence electrons. The molecule has 0 amide bonds. The van der Waals surface area contributed by atoms with E-state index >= 15 is 0 Å². The number of benzene rings is 1. The van der Waals surface area contributed by atoms with Crippen molar-refractivity contribution in [2.45, 2.75) is 18.4 Å². The summed E-state index contributed by atoms with van der Waals surface area (Å²) >= 11 is 6.05. The van der Waals surface area contributed by atoms with Gasteiger partial charge in [-0.3, -0.25) is 0 Å². The molecule has 3 rings (SSSR count). The number of fused-ring (bicyclic) bond motifs is 2. The lowest BCUT2D eigenvalue weighted by Gasteiger charge is -2.43. The summed E-state index contributed by atoms with van der Waals surface area (Å²) in [6.45, 7) is 2.21. The van der Waals surface area contributed by atoms with Crippen molar-refractivity contribution in [3.8, 4) is 0 Å². The normalized spacial score (nSPS) is 31.3. The molecule has 1 aromatic rings. The molecule has 2 aliphatic heterocycles. The second kappa shape index (κ2) is 4.48. The maximum atomic E-state index is 9.67. The Kier molecular flexibility index (Phi) is 2.99. The third-order valence-corrected chi connectivity index (χ3v) is 4.23. The van der Waals surface area contributed by atoms with Crippen LogP contribution >= 0.6 is 11.6 Å². The predicted octanol–water partition coefficient (Wildman–Crippen LogP) is 1.82. The van der Waals surface area contributed by atoms with Crippen molar-refractivity contribution in [2.75, 3.05) is 25.0 Å². The molecule has 0 bridgehead atoms. The first-order valence-electron chi connectivity index (χ1n) is 6.17. The van der Waals surface area contributed by atoms with Crippen molar-refractivity contribution in [1.82, 2.24) is 5.32 Å². The summed E-state index contributed by atoms with van der Waals surface area (Å²) in [6, 6.07) is 6.39. The Morgan fingerprint density at radius 3 is 3.12 bits per heavy atom. The maximum absolute atomic E-state index is 9.67. The summed E-state index contributed by atoms with van der Waals surface area (Å²) in [5.41, 5.74) is 2.29. The fourth-order valence-electron chi connectivity index (χ4n) is 3.12. The Labute approximate surface area is 106 Å². The van der Waals surface area contributed by atoms with Crippen LogP contribution in [0.2, 0.25) is 5.02 Å². The van der Waals surface area contributed by atoms with Crippen LogP contribution in [0, 0.1) is 5.92 Å². The van der Waals surface area contributed by atoms with Crippen LogP contribution in [0.5, 0.6) is 0 Å². The van der Waals surface area contributed by atoms with E-state index in [-0.39, 0.29) is 12.5 Å². The number of anilines is 1. The van der Waals surface area contributed by atoms with Crippen molar-refractivity contribution in [2.24, 2.45) is 5.92 Å². The van der Waals surface area contributed by atoms with Gasteiger partial charge in [0.2, 0.25) is 0 Å². The van der Waals surface area contributed by atoms with E-state index in [0.29, 0.717) is 12.0 Å². The summed E-state index contributed by atoms with van der Waals surface area (Å²) in [7, 11) is 0. The lowest BCUT2D eigenvalue weighted by Crippen LogP contribution is -2.49. The molecule has 1 fully saturated rings. The van der Waals surface area contributed by atoms with Gasteiger partial charge in [-0.25, -0.2) is 0 Å². The van der Waals surface area contributed by atoms with E-state index in [2.05, 4.69) is 10.6 Å². The van der Waals surface area contributed by atoms with Crippen LogP contribution < -0.4 is 10.6 Å². The summed E-state index contributed by atoms with van der Waals surface area (Å²) in [5.74, 6) is 0.655. The number of hydrogen-bond acceptors (Lipinski definition) is 3. The van der Waals surface area contributed by atoms with Gasteiger partial charge in [0.05, 0.1) is 6.61 Å². The van der Waals surface area contributed by atoms with E-state index in [1.165, 1.54) is 0 Å². The first-order chi connectivity index (χ1) is 8.29. The number of piperidine rings is 1. The molecule has 1 saturated heterocycles. The van der Waals surface area contributed by atoms with Gasteiger partial charge in [-0.2, -0.15) is 0 Å². The molecule has 0 spiro atoms. The van der Waals surface area contributed by atoms with Crippen molar-refractivity contribution >= 4 is 17.3 Å². The topological polar surface area (TPSA) is 44.3 Å². The minimum atomic E-state index is 0.192. The molecule has 0 radical (unpaired) electrons. The van der Waals surface area contributed by atoms with Crippen molar-refractivity contribution < 1.29 is 5.11 Å². The summed E-state index contributed by atoms with van der Waals surface area (Å²) in [6.07, 6.45) is 1.11. The highest BCUT2D eigenvalue weighted by Crippen LogP contribution is 2.40. The van der Waals surface area contributed by atoms with E-state index in [1.54, 1.807) is 0 Å². The average molecular weight is 253 g/mol. The summed E-state index contributed by atoms with van der Waals surface area (Å²) < 4.78 is 0. The number of nitrogens with one attached hydrogen (secondary N) is 2. The van der Waals surface area contributed by atoms with Crippen LogP contribution in [-0.4, -0.2) is 30.8 Å². The Morgan fingerprint density at radius 2 is 2.29 bits per heavy atom. The maximum Gasteiger partial charge on any atom is 0.0504 e. The fourth-order valence-corrected chi connectivity index (χ4v) is 3.30.